The van der Waals surface area contributed by atoms with Crippen LogP contribution in [0.5, 0.6) is 0 Å². The van der Waals surface area contributed by atoms with Crippen molar-refractivity contribution >= 4 is 17.4 Å². The summed E-state index contributed by atoms with van der Waals surface area (Å²) in [7, 11) is 0. The second-order valence-electron chi connectivity index (χ2n) is 4.68. The van der Waals surface area contributed by atoms with Crippen LogP contribution in [0.15, 0.2) is 40.7 Å². The Bertz CT molecular complexity index is 654. The van der Waals surface area contributed by atoms with Crippen molar-refractivity contribution in [3.8, 4) is 0 Å². The summed E-state index contributed by atoms with van der Waals surface area (Å²) in [6, 6.07) is 10.1. The van der Waals surface area contributed by atoms with Crippen molar-refractivity contribution in [2.75, 3.05) is 0 Å². The van der Waals surface area contributed by atoms with E-state index in [2.05, 4.69) is 4.99 Å². The second-order valence-corrected chi connectivity index (χ2v) is 5.52. The van der Waals surface area contributed by atoms with Crippen molar-refractivity contribution in [1.82, 2.24) is 4.57 Å². The molecule has 2 aromatic rings. The highest BCUT2D eigenvalue weighted by atomic mass is 32.1. The van der Waals surface area contributed by atoms with E-state index in [1.54, 1.807) is 0 Å². The van der Waals surface area contributed by atoms with Crippen LogP contribution in [0.1, 0.15) is 30.0 Å². The first kappa shape index (κ1) is 12.2. The van der Waals surface area contributed by atoms with Gasteiger partial charge in [-0.2, -0.15) is 0 Å². The fraction of sp³-hybridized carbons (Fsp3) is 0.286. The molecule has 0 atom stereocenters. The van der Waals surface area contributed by atoms with E-state index in [1.807, 2.05) is 40.3 Å². The Morgan fingerprint density at radius 3 is 2.74 bits per heavy atom. The number of hydrogen-bond donors (Lipinski definition) is 1. The van der Waals surface area contributed by atoms with Crippen molar-refractivity contribution < 1.29 is 9.90 Å². The molecule has 1 aromatic heterocycles. The first-order chi connectivity index (χ1) is 9.24. The lowest BCUT2D eigenvalue weighted by Gasteiger charge is -2.08. The fourth-order valence-corrected chi connectivity index (χ4v) is 3.11. The molecule has 0 spiro atoms. The van der Waals surface area contributed by atoms with Gasteiger partial charge in [0.15, 0.2) is 4.80 Å². The zero-order valence-corrected chi connectivity index (χ0v) is 11.1. The quantitative estimate of drug-likeness (QED) is 0.935. The zero-order valence-electron chi connectivity index (χ0n) is 10.3. The van der Waals surface area contributed by atoms with E-state index in [4.69, 9.17) is 5.11 Å². The van der Waals surface area contributed by atoms with Crippen LogP contribution in [0.25, 0.3) is 0 Å². The number of amides is 1. The molecule has 98 valence electrons. The highest BCUT2D eigenvalue weighted by molar-refractivity contribution is 7.07. The molecule has 0 saturated heterocycles. The van der Waals surface area contributed by atoms with Crippen molar-refractivity contribution in [3.05, 3.63) is 51.8 Å². The third-order valence-corrected chi connectivity index (χ3v) is 4.08. The fourth-order valence-electron chi connectivity index (χ4n) is 2.14. The topological polar surface area (TPSA) is 54.6 Å². The molecule has 0 unspecified atom stereocenters. The van der Waals surface area contributed by atoms with Gasteiger partial charge >= 0.3 is 6.09 Å². The average Bonchev–Trinajstić information content (AvgIpc) is 3.16. The van der Waals surface area contributed by atoms with E-state index in [0.717, 1.165) is 5.56 Å². The van der Waals surface area contributed by atoms with E-state index in [0.29, 0.717) is 17.3 Å². The SMILES string of the molecule is O=C(O)/N=c1/scc(C2CC2)n1Cc1ccccc1. The molecular weight excluding hydrogens is 260 g/mol. The molecular formula is C14H14N2O2S. The maximum atomic E-state index is 10.8. The molecule has 0 aliphatic heterocycles. The lowest BCUT2D eigenvalue weighted by molar-refractivity contribution is 0.204. The number of carbonyl (C=O) groups is 1. The number of benzene rings is 1. The van der Waals surface area contributed by atoms with Crippen LogP contribution in [-0.4, -0.2) is 15.8 Å². The first-order valence-electron chi connectivity index (χ1n) is 6.24. The number of thiazole rings is 1. The van der Waals surface area contributed by atoms with E-state index < -0.39 is 6.09 Å². The Labute approximate surface area is 114 Å². The van der Waals surface area contributed by atoms with Crippen LogP contribution in [0.3, 0.4) is 0 Å². The molecule has 1 aromatic carbocycles. The molecule has 3 rings (SSSR count). The predicted octanol–water partition coefficient (Wildman–Crippen LogP) is 3.05. The average molecular weight is 274 g/mol. The minimum Gasteiger partial charge on any atom is -0.463 e. The smallest absolute Gasteiger partial charge is 0.433 e. The highest BCUT2D eigenvalue weighted by Crippen LogP contribution is 2.40. The number of carboxylic acid groups (broad SMARTS) is 1. The minimum atomic E-state index is -1.13. The third kappa shape index (κ3) is 2.76. The van der Waals surface area contributed by atoms with Crippen LogP contribution >= 0.6 is 11.3 Å². The zero-order chi connectivity index (χ0) is 13.2. The van der Waals surface area contributed by atoms with Crippen molar-refractivity contribution in [3.63, 3.8) is 0 Å². The monoisotopic (exact) mass is 274 g/mol. The van der Waals surface area contributed by atoms with Gasteiger partial charge < -0.3 is 9.67 Å². The first-order valence-corrected chi connectivity index (χ1v) is 7.12. The Morgan fingerprint density at radius 1 is 1.37 bits per heavy atom. The molecule has 19 heavy (non-hydrogen) atoms. The van der Waals surface area contributed by atoms with Crippen molar-refractivity contribution in [2.45, 2.75) is 25.3 Å². The van der Waals surface area contributed by atoms with Gasteiger partial charge in [0.05, 0.1) is 6.54 Å². The summed E-state index contributed by atoms with van der Waals surface area (Å²) < 4.78 is 2.03. The van der Waals surface area contributed by atoms with E-state index in [1.165, 1.54) is 29.9 Å². The minimum absolute atomic E-state index is 0.568. The summed E-state index contributed by atoms with van der Waals surface area (Å²) in [5.74, 6) is 0.581. The van der Waals surface area contributed by atoms with Gasteiger partial charge in [0.25, 0.3) is 0 Å². The molecule has 0 bridgehead atoms. The Hall–Kier alpha value is -1.88. The molecule has 1 amide bonds. The Balaban J connectivity index is 2.02. The predicted molar refractivity (Wildman–Crippen MR) is 73.4 cm³/mol. The number of rotatable bonds is 3. The Kier molecular flexibility index (Phi) is 3.21. The van der Waals surface area contributed by atoms with Gasteiger partial charge in [0, 0.05) is 17.0 Å². The number of nitrogens with zero attached hydrogens (tertiary/aromatic N) is 2. The van der Waals surface area contributed by atoms with Gasteiger partial charge in [0.2, 0.25) is 0 Å². The molecule has 5 heteroatoms. The van der Waals surface area contributed by atoms with Gasteiger partial charge in [-0.3, -0.25) is 0 Å². The summed E-state index contributed by atoms with van der Waals surface area (Å²) in [5.41, 5.74) is 2.38. The Morgan fingerprint density at radius 2 is 2.11 bits per heavy atom. The van der Waals surface area contributed by atoms with Crippen LogP contribution in [0.4, 0.5) is 4.79 Å². The van der Waals surface area contributed by atoms with Gasteiger partial charge in [0.1, 0.15) is 0 Å². The maximum absolute atomic E-state index is 10.8. The van der Waals surface area contributed by atoms with Crippen LogP contribution in [-0.2, 0) is 6.54 Å². The van der Waals surface area contributed by atoms with Crippen molar-refractivity contribution in [1.29, 1.82) is 0 Å². The molecule has 1 aliphatic rings. The van der Waals surface area contributed by atoms with Gasteiger partial charge in [-0.05, 0) is 18.4 Å². The molecule has 1 aliphatic carbocycles. The van der Waals surface area contributed by atoms with E-state index >= 15 is 0 Å². The maximum Gasteiger partial charge on any atom is 0.433 e. The molecule has 1 N–H and O–H groups in total. The third-order valence-electron chi connectivity index (χ3n) is 3.20. The number of hydrogen-bond acceptors (Lipinski definition) is 2. The highest BCUT2D eigenvalue weighted by Gasteiger charge is 2.27. The summed E-state index contributed by atoms with van der Waals surface area (Å²) in [6.07, 6.45) is 1.25. The molecule has 1 heterocycles. The van der Waals surface area contributed by atoms with Crippen molar-refractivity contribution in [2.24, 2.45) is 4.99 Å². The lowest BCUT2D eigenvalue weighted by Crippen LogP contribution is -2.19. The normalized spacial score (nSPS) is 15.7. The second kappa shape index (κ2) is 5.01. The lowest BCUT2D eigenvalue weighted by atomic mass is 10.2. The number of aromatic nitrogens is 1. The van der Waals surface area contributed by atoms with Gasteiger partial charge in [-0.1, -0.05) is 30.3 Å². The summed E-state index contributed by atoms with van der Waals surface area (Å²) in [5, 5.41) is 10.9. The summed E-state index contributed by atoms with van der Waals surface area (Å²) in [6.45, 7) is 0.683. The van der Waals surface area contributed by atoms with Crippen LogP contribution < -0.4 is 4.80 Å². The van der Waals surface area contributed by atoms with Gasteiger partial charge in [-0.25, -0.2) is 4.79 Å². The van der Waals surface area contributed by atoms with E-state index in [-0.39, 0.29) is 0 Å². The molecule has 1 fully saturated rings. The van der Waals surface area contributed by atoms with Crippen LogP contribution in [0, 0.1) is 0 Å². The molecule has 1 saturated carbocycles. The van der Waals surface area contributed by atoms with Gasteiger partial charge in [-0.15, -0.1) is 16.3 Å². The summed E-state index contributed by atoms with van der Waals surface area (Å²) >= 11 is 1.41. The molecule has 0 radical (unpaired) electrons. The largest absolute Gasteiger partial charge is 0.463 e. The molecule has 4 nitrogen and oxygen atoms in total. The van der Waals surface area contributed by atoms with E-state index in [9.17, 15) is 4.79 Å². The standard InChI is InChI=1S/C14H14N2O2S/c17-14(18)15-13-16(8-10-4-2-1-3-5-10)12(9-19-13)11-6-7-11/h1-5,9,11H,6-8H2,(H,17,18)/b15-13+. The summed E-state index contributed by atoms with van der Waals surface area (Å²) in [4.78, 5) is 15.0. The van der Waals surface area contributed by atoms with Crippen LogP contribution in [0.2, 0.25) is 0 Å².